The van der Waals surface area contributed by atoms with Crippen LogP contribution in [0.3, 0.4) is 0 Å². The van der Waals surface area contributed by atoms with E-state index < -0.39 is 0 Å². The lowest BCUT2D eigenvalue weighted by molar-refractivity contribution is -0.117. The molecule has 26 heavy (non-hydrogen) atoms. The summed E-state index contributed by atoms with van der Waals surface area (Å²) < 4.78 is 10.4. The smallest absolute Gasteiger partial charge is 0.237 e. The Hall–Kier alpha value is -2.67. The molecule has 0 atom stereocenters. The van der Waals surface area contributed by atoms with Crippen LogP contribution in [-0.2, 0) is 9.59 Å². The van der Waals surface area contributed by atoms with Crippen molar-refractivity contribution in [1.29, 1.82) is 0 Å². The number of anilines is 2. The third kappa shape index (κ3) is 3.94. The van der Waals surface area contributed by atoms with Gasteiger partial charge >= 0.3 is 0 Å². The number of amides is 2. The molecule has 2 amide bonds. The Morgan fingerprint density at radius 1 is 1.19 bits per heavy atom. The molecular weight excluding hydrogens is 352 g/mol. The topological polar surface area (TPSA) is 67.9 Å². The normalized spacial score (nSPS) is 13.2. The zero-order chi connectivity index (χ0) is 18.5. The minimum Gasteiger partial charge on any atom is -0.497 e. The molecule has 3 rings (SSSR count). The van der Waals surface area contributed by atoms with Gasteiger partial charge in [0.15, 0.2) is 0 Å². The van der Waals surface area contributed by atoms with Crippen LogP contribution in [0.15, 0.2) is 47.4 Å². The number of para-hydroxylation sites is 1. The number of nitrogens with zero attached hydrogens (tertiary/aromatic N) is 1. The summed E-state index contributed by atoms with van der Waals surface area (Å²) in [4.78, 5) is 27.4. The molecule has 0 fully saturated rings. The van der Waals surface area contributed by atoms with E-state index in [0.29, 0.717) is 29.5 Å². The van der Waals surface area contributed by atoms with Crippen LogP contribution in [0.2, 0.25) is 0 Å². The van der Waals surface area contributed by atoms with Crippen molar-refractivity contribution in [2.45, 2.75) is 11.3 Å². The number of hydrogen-bond donors (Lipinski definition) is 1. The summed E-state index contributed by atoms with van der Waals surface area (Å²) in [5.41, 5.74) is 1.40. The Morgan fingerprint density at radius 2 is 2.00 bits per heavy atom. The Labute approximate surface area is 156 Å². The number of thioether (sulfide) groups is 1. The molecule has 1 heterocycles. The third-order valence-corrected chi connectivity index (χ3v) is 5.10. The van der Waals surface area contributed by atoms with Crippen molar-refractivity contribution in [3.8, 4) is 11.5 Å². The molecule has 2 aromatic carbocycles. The fourth-order valence-electron chi connectivity index (χ4n) is 2.74. The van der Waals surface area contributed by atoms with E-state index in [1.165, 1.54) is 11.8 Å². The molecule has 0 unspecified atom stereocenters. The largest absolute Gasteiger partial charge is 0.497 e. The fraction of sp³-hybridized carbons (Fsp3) is 0.263. The van der Waals surface area contributed by atoms with Crippen LogP contribution in [0.4, 0.5) is 11.4 Å². The molecule has 136 valence electrons. The second-order valence-corrected chi connectivity index (χ2v) is 6.68. The van der Waals surface area contributed by atoms with Gasteiger partial charge in [-0.15, -0.1) is 11.8 Å². The Kier molecular flexibility index (Phi) is 5.68. The number of carbonyl (C=O) groups is 2. The average molecular weight is 372 g/mol. The maximum atomic E-state index is 12.4. The van der Waals surface area contributed by atoms with Gasteiger partial charge in [-0.05, 0) is 24.3 Å². The van der Waals surface area contributed by atoms with Crippen LogP contribution in [0, 0.1) is 0 Å². The first-order chi connectivity index (χ1) is 12.6. The van der Waals surface area contributed by atoms with E-state index in [1.807, 2.05) is 24.3 Å². The van der Waals surface area contributed by atoms with Crippen molar-refractivity contribution in [3.05, 3.63) is 42.5 Å². The van der Waals surface area contributed by atoms with Crippen LogP contribution >= 0.6 is 11.8 Å². The van der Waals surface area contributed by atoms with Crippen molar-refractivity contribution >= 4 is 35.0 Å². The van der Waals surface area contributed by atoms with Crippen molar-refractivity contribution in [1.82, 2.24) is 0 Å². The van der Waals surface area contributed by atoms with Gasteiger partial charge in [0.1, 0.15) is 11.5 Å². The first kappa shape index (κ1) is 18.1. The second kappa shape index (κ2) is 8.14. The average Bonchev–Trinajstić information content (AvgIpc) is 2.67. The van der Waals surface area contributed by atoms with Crippen LogP contribution in [0.25, 0.3) is 0 Å². The molecule has 0 bridgehead atoms. The van der Waals surface area contributed by atoms with Gasteiger partial charge in [-0.25, -0.2) is 0 Å². The molecule has 2 aromatic rings. The van der Waals surface area contributed by atoms with Gasteiger partial charge in [-0.2, -0.15) is 0 Å². The van der Waals surface area contributed by atoms with Crippen LogP contribution in [0.1, 0.15) is 6.42 Å². The number of fused-ring (bicyclic) bond motifs is 1. The summed E-state index contributed by atoms with van der Waals surface area (Å²) in [6.07, 6.45) is 0.186. The van der Waals surface area contributed by atoms with E-state index in [4.69, 9.17) is 9.47 Å². The molecule has 0 saturated heterocycles. The number of hydrogen-bond acceptors (Lipinski definition) is 5. The van der Waals surface area contributed by atoms with Gasteiger partial charge in [-0.1, -0.05) is 12.1 Å². The summed E-state index contributed by atoms with van der Waals surface area (Å²) in [5, 5.41) is 2.83. The van der Waals surface area contributed by atoms with E-state index in [2.05, 4.69) is 5.32 Å². The number of carbonyl (C=O) groups excluding carboxylic acids is 2. The molecule has 0 radical (unpaired) electrons. The van der Waals surface area contributed by atoms with Crippen molar-refractivity contribution in [2.24, 2.45) is 0 Å². The van der Waals surface area contributed by atoms with Gasteiger partial charge in [0.05, 0.1) is 31.3 Å². The first-order valence-electron chi connectivity index (χ1n) is 8.16. The highest BCUT2D eigenvalue weighted by Gasteiger charge is 2.24. The number of nitrogens with one attached hydrogen (secondary N) is 1. The molecule has 1 N–H and O–H groups in total. The van der Waals surface area contributed by atoms with Crippen molar-refractivity contribution < 1.29 is 19.1 Å². The Balaban J connectivity index is 1.67. The molecule has 7 heteroatoms. The van der Waals surface area contributed by atoms with Crippen molar-refractivity contribution in [3.63, 3.8) is 0 Å². The highest BCUT2D eigenvalue weighted by molar-refractivity contribution is 8.00. The van der Waals surface area contributed by atoms with E-state index in [9.17, 15) is 9.59 Å². The third-order valence-electron chi connectivity index (χ3n) is 4.05. The predicted molar refractivity (Wildman–Crippen MR) is 102 cm³/mol. The molecule has 0 saturated carbocycles. The van der Waals surface area contributed by atoms with Gasteiger partial charge in [-0.3, -0.25) is 9.59 Å². The van der Waals surface area contributed by atoms with E-state index >= 15 is 0 Å². The lowest BCUT2D eigenvalue weighted by Crippen LogP contribution is -2.37. The van der Waals surface area contributed by atoms with Gasteiger partial charge in [0.25, 0.3) is 0 Å². The highest BCUT2D eigenvalue weighted by atomic mass is 32.2. The molecule has 0 aromatic heterocycles. The highest BCUT2D eigenvalue weighted by Crippen LogP contribution is 2.35. The number of benzene rings is 2. The number of methoxy groups -OCH3 is 2. The van der Waals surface area contributed by atoms with Gasteiger partial charge < -0.3 is 19.7 Å². The molecule has 1 aliphatic heterocycles. The van der Waals surface area contributed by atoms with Gasteiger partial charge in [0.2, 0.25) is 11.8 Å². The lowest BCUT2D eigenvalue weighted by Gasteiger charge is -2.28. The van der Waals surface area contributed by atoms with Crippen LogP contribution < -0.4 is 19.7 Å². The van der Waals surface area contributed by atoms with Gasteiger partial charge in [0, 0.05) is 23.9 Å². The zero-order valence-electron chi connectivity index (χ0n) is 14.7. The van der Waals surface area contributed by atoms with Crippen molar-refractivity contribution in [2.75, 3.05) is 36.7 Å². The summed E-state index contributed by atoms with van der Waals surface area (Å²) in [6.45, 7) is 0.328. The maximum Gasteiger partial charge on any atom is 0.237 e. The Bertz CT molecular complexity index is 825. The quantitative estimate of drug-likeness (QED) is 0.844. The zero-order valence-corrected chi connectivity index (χ0v) is 15.5. The molecule has 1 aliphatic rings. The SMILES string of the molecule is COc1ccc(OC)c(NC(=O)CCN2C(=O)CSc3ccccc32)c1. The predicted octanol–water partition coefficient (Wildman–Crippen LogP) is 3.17. The fourth-order valence-corrected chi connectivity index (χ4v) is 3.67. The molecule has 0 spiro atoms. The molecular formula is C19H20N2O4S. The first-order valence-corrected chi connectivity index (χ1v) is 9.15. The van der Waals surface area contributed by atoms with E-state index in [0.717, 1.165) is 10.6 Å². The van der Waals surface area contributed by atoms with E-state index in [1.54, 1.807) is 37.3 Å². The monoisotopic (exact) mass is 372 g/mol. The number of rotatable bonds is 6. The second-order valence-electron chi connectivity index (χ2n) is 5.67. The molecule has 0 aliphatic carbocycles. The Morgan fingerprint density at radius 3 is 2.77 bits per heavy atom. The minimum absolute atomic E-state index is 0.0143. The van der Waals surface area contributed by atoms with Crippen LogP contribution in [0.5, 0.6) is 11.5 Å². The summed E-state index contributed by atoms with van der Waals surface area (Å²) in [5.74, 6) is 1.39. The van der Waals surface area contributed by atoms with E-state index in [-0.39, 0.29) is 18.2 Å². The van der Waals surface area contributed by atoms with Crippen LogP contribution in [-0.4, -0.2) is 38.3 Å². The maximum absolute atomic E-state index is 12.4. The number of ether oxygens (including phenoxy) is 2. The molecule has 6 nitrogen and oxygen atoms in total. The standard InChI is InChI=1S/C19H20N2O4S/c1-24-13-7-8-16(25-2)14(11-13)20-18(22)9-10-21-15-5-3-4-6-17(15)26-12-19(21)23/h3-8,11H,9-10,12H2,1-2H3,(H,20,22). The lowest BCUT2D eigenvalue weighted by atomic mass is 10.2. The summed E-state index contributed by atoms with van der Waals surface area (Å²) >= 11 is 1.52. The minimum atomic E-state index is -0.194. The summed E-state index contributed by atoms with van der Waals surface area (Å²) in [7, 11) is 3.10. The summed E-state index contributed by atoms with van der Waals surface area (Å²) in [6, 6.07) is 12.9.